The maximum absolute atomic E-state index is 9.00. The van der Waals surface area contributed by atoms with Crippen LogP contribution in [0.25, 0.3) is 11.0 Å². The molecule has 3 N–H and O–H groups in total. The van der Waals surface area contributed by atoms with E-state index in [1.165, 1.54) is 0 Å². The number of rotatable bonds is 3. The van der Waals surface area contributed by atoms with Crippen LogP contribution >= 0.6 is 0 Å². The van der Waals surface area contributed by atoms with Crippen LogP contribution in [0.4, 0.5) is 5.82 Å². The smallest absolute Gasteiger partial charge is 0.263 e. The Morgan fingerprint density at radius 3 is 2.25 bits per heavy atom. The molecule has 2 aromatic carbocycles. The fraction of sp³-hybridized carbons (Fsp3) is 0.0667. The molecule has 5 heteroatoms. The van der Waals surface area contributed by atoms with Crippen molar-refractivity contribution < 1.29 is 9.84 Å². The van der Waals surface area contributed by atoms with Crippen LogP contribution in [0.2, 0.25) is 0 Å². The van der Waals surface area contributed by atoms with E-state index < -0.39 is 0 Å². The van der Waals surface area contributed by atoms with Crippen LogP contribution in [0.15, 0.2) is 48.5 Å². The minimum atomic E-state index is -0.00179. The van der Waals surface area contributed by atoms with E-state index in [0.717, 1.165) is 16.6 Å². The first-order valence-electron chi connectivity index (χ1n) is 6.16. The zero-order chi connectivity index (χ0) is 13.9. The molecule has 0 saturated heterocycles. The van der Waals surface area contributed by atoms with Crippen molar-refractivity contribution in [2.75, 3.05) is 5.73 Å². The number of aliphatic hydroxyl groups is 1. The Kier molecular flexibility index (Phi) is 3.18. The molecule has 1 heterocycles. The van der Waals surface area contributed by atoms with E-state index in [4.69, 9.17) is 15.6 Å². The van der Waals surface area contributed by atoms with Crippen LogP contribution in [-0.2, 0) is 6.61 Å². The largest absolute Gasteiger partial charge is 0.436 e. The van der Waals surface area contributed by atoms with Crippen molar-refractivity contribution in [3.63, 3.8) is 0 Å². The van der Waals surface area contributed by atoms with Crippen LogP contribution in [-0.4, -0.2) is 15.1 Å². The van der Waals surface area contributed by atoms with E-state index >= 15 is 0 Å². The number of nitrogens with two attached hydrogens (primary N) is 1. The van der Waals surface area contributed by atoms with Gasteiger partial charge in [0.1, 0.15) is 5.75 Å². The zero-order valence-electron chi connectivity index (χ0n) is 10.7. The first kappa shape index (κ1) is 12.4. The third-order valence-corrected chi connectivity index (χ3v) is 2.88. The average molecular weight is 267 g/mol. The molecule has 0 bridgehead atoms. The summed E-state index contributed by atoms with van der Waals surface area (Å²) < 4.78 is 5.64. The summed E-state index contributed by atoms with van der Waals surface area (Å²) >= 11 is 0. The van der Waals surface area contributed by atoms with Gasteiger partial charge in [0.15, 0.2) is 5.82 Å². The van der Waals surface area contributed by atoms with Crippen LogP contribution in [0.1, 0.15) is 5.56 Å². The van der Waals surface area contributed by atoms with E-state index in [9.17, 15) is 0 Å². The summed E-state index contributed by atoms with van der Waals surface area (Å²) in [6.45, 7) is -0.00179. The standard InChI is InChI=1S/C15H13N3O2/c16-14-15(18-13-4-2-1-3-12(13)17-14)20-11-7-5-10(9-19)6-8-11/h1-8,19H,9H2,(H2,16,17). The maximum atomic E-state index is 9.00. The molecular weight excluding hydrogens is 254 g/mol. The summed E-state index contributed by atoms with van der Waals surface area (Å²) in [6, 6.07) is 14.5. The van der Waals surface area contributed by atoms with Crippen molar-refractivity contribution in [2.45, 2.75) is 6.61 Å². The first-order valence-corrected chi connectivity index (χ1v) is 6.16. The second kappa shape index (κ2) is 5.14. The van der Waals surface area contributed by atoms with Crippen LogP contribution in [0.3, 0.4) is 0 Å². The Bertz CT molecular complexity index is 742. The molecular formula is C15H13N3O2. The van der Waals surface area contributed by atoms with E-state index in [0.29, 0.717) is 5.75 Å². The van der Waals surface area contributed by atoms with E-state index in [1.54, 1.807) is 24.3 Å². The molecule has 20 heavy (non-hydrogen) atoms. The summed E-state index contributed by atoms with van der Waals surface area (Å²) in [5.41, 5.74) is 8.12. The number of para-hydroxylation sites is 2. The van der Waals surface area contributed by atoms with Gasteiger partial charge in [0.2, 0.25) is 0 Å². The van der Waals surface area contributed by atoms with Gasteiger partial charge in [0, 0.05) is 0 Å². The Morgan fingerprint density at radius 1 is 0.950 bits per heavy atom. The zero-order valence-corrected chi connectivity index (χ0v) is 10.7. The van der Waals surface area contributed by atoms with Gasteiger partial charge in [0.05, 0.1) is 17.6 Å². The van der Waals surface area contributed by atoms with Gasteiger partial charge in [-0.1, -0.05) is 24.3 Å². The third kappa shape index (κ3) is 2.39. The predicted octanol–water partition coefficient (Wildman–Crippen LogP) is 2.50. The molecule has 0 amide bonds. The third-order valence-electron chi connectivity index (χ3n) is 2.88. The SMILES string of the molecule is Nc1nc2ccccc2nc1Oc1ccc(CO)cc1. The molecule has 0 radical (unpaired) electrons. The lowest BCUT2D eigenvalue weighted by Crippen LogP contribution is -1.99. The van der Waals surface area contributed by atoms with Gasteiger partial charge in [-0.3, -0.25) is 0 Å². The average Bonchev–Trinajstić information content (AvgIpc) is 2.49. The molecule has 0 saturated carbocycles. The molecule has 0 unspecified atom stereocenters. The molecule has 0 aliphatic rings. The number of fused-ring (bicyclic) bond motifs is 1. The van der Waals surface area contributed by atoms with E-state index in [1.807, 2.05) is 24.3 Å². The highest BCUT2D eigenvalue weighted by molar-refractivity contribution is 5.76. The van der Waals surface area contributed by atoms with Gasteiger partial charge in [-0.25, -0.2) is 9.97 Å². The molecule has 100 valence electrons. The summed E-state index contributed by atoms with van der Waals surface area (Å²) in [7, 11) is 0. The Labute approximate surface area is 115 Å². The summed E-state index contributed by atoms with van der Waals surface area (Å²) in [5.74, 6) is 1.12. The summed E-state index contributed by atoms with van der Waals surface area (Å²) in [4.78, 5) is 8.61. The minimum absolute atomic E-state index is 0.00179. The number of ether oxygens (including phenoxy) is 1. The number of aliphatic hydroxyl groups excluding tert-OH is 1. The number of hydrogen-bond acceptors (Lipinski definition) is 5. The number of anilines is 1. The van der Waals surface area contributed by atoms with Gasteiger partial charge in [-0.2, -0.15) is 0 Å². The number of hydrogen-bond donors (Lipinski definition) is 2. The van der Waals surface area contributed by atoms with Gasteiger partial charge < -0.3 is 15.6 Å². The minimum Gasteiger partial charge on any atom is -0.436 e. The van der Waals surface area contributed by atoms with E-state index in [-0.39, 0.29) is 18.3 Å². The van der Waals surface area contributed by atoms with Gasteiger partial charge in [-0.05, 0) is 29.8 Å². The highest BCUT2D eigenvalue weighted by Crippen LogP contribution is 2.26. The molecule has 0 spiro atoms. The van der Waals surface area contributed by atoms with Crippen LogP contribution in [0, 0.1) is 0 Å². The first-order chi connectivity index (χ1) is 9.76. The van der Waals surface area contributed by atoms with E-state index in [2.05, 4.69) is 9.97 Å². The topological polar surface area (TPSA) is 81.3 Å². The maximum Gasteiger partial charge on any atom is 0.263 e. The molecule has 0 aliphatic heterocycles. The van der Waals surface area contributed by atoms with Crippen molar-refractivity contribution in [1.82, 2.24) is 9.97 Å². The summed E-state index contributed by atoms with van der Waals surface area (Å²) in [5, 5.41) is 9.00. The lowest BCUT2D eigenvalue weighted by molar-refractivity contribution is 0.281. The van der Waals surface area contributed by atoms with Crippen molar-refractivity contribution in [3.8, 4) is 11.6 Å². The molecule has 3 aromatic rings. The van der Waals surface area contributed by atoms with Crippen molar-refractivity contribution in [2.24, 2.45) is 0 Å². The Hall–Kier alpha value is -2.66. The lowest BCUT2D eigenvalue weighted by atomic mass is 10.2. The van der Waals surface area contributed by atoms with Gasteiger partial charge in [0.25, 0.3) is 5.88 Å². The Morgan fingerprint density at radius 2 is 1.60 bits per heavy atom. The molecule has 3 rings (SSSR count). The number of aromatic nitrogens is 2. The fourth-order valence-electron chi connectivity index (χ4n) is 1.85. The molecule has 0 atom stereocenters. The second-order valence-electron chi connectivity index (χ2n) is 4.31. The number of nitrogens with zero attached hydrogens (tertiary/aromatic N) is 2. The highest BCUT2D eigenvalue weighted by Gasteiger charge is 2.08. The predicted molar refractivity (Wildman–Crippen MR) is 76.4 cm³/mol. The highest BCUT2D eigenvalue weighted by atomic mass is 16.5. The summed E-state index contributed by atoms with van der Waals surface area (Å²) in [6.07, 6.45) is 0. The Balaban J connectivity index is 1.94. The van der Waals surface area contributed by atoms with Gasteiger partial charge in [-0.15, -0.1) is 0 Å². The van der Waals surface area contributed by atoms with Crippen LogP contribution < -0.4 is 10.5 Å². The molecule has 0 aliphatic carbocycles. The monoisotopic (exact) mass is 267 g/mol. The van der Waals surface area contributed by atoms with Crippen molar-refractivity contribution in [1.29, 1.82) is 0 Å². The second-order valence-corrected chi connectivity index (χ2v) is 4.31. The fourth-order valence-corrected chi connectivity index (χ4v) is 1.85. The molecule has 1 aromatic heterocycles. The quantitative estimate of drug-likeness (QED) is 0.762. The number of benzene rings is 2. The molecule has 0 fully saturated rings. The van der Waals surface area contributed by atoms with Crippen molar-refractivity contribution >= 4 is 16.9 Å². The van der Waals surface area contributed by atoms with Crippen molar-refractivity contribution in [3.05, 3.63) is 54.1 Å². The lowest BCUT2D eigenvalue weighted by Gasteiger charge is -2.08. The van der Waals surface area contributed by atoms with Crippen LogP contribution in [0.5, 0.6) is 11.6 Å². The molecule has 5 nitrogen and oxygen atoms in total. The van der Waals surface area contributed by atoms with Gasteiger partial charge >= 0.3 is 0 Å². The normalized spacial score (nSPS) is 10.7. The number of nitrogen functional groups attached to an aromatic ring is 1.